The lowest BCUT2D eigenvalue weighted by atomic mass is 9.97. The molecule has 1 aliphatic heterocycles. The fourth-order valence-corrected chi connectivity index (χ4v) is 1.88. The first-order valence-electron chi connectivity index (χ1n) is 5.52. The summed E-state index contributed by atoms with van der Waals surface area (Å²) in [7, 11) is 0. The van der Waals surface area contributed by atoms with Crippen LogP contribution in [0.1, 0.15) is 12.8 Å². The van der Waals surface area contributed by atoms with Gasteiger partial charge in [-0.25, -0.2) is 0 Å². The minimum atomic E-state index is -0.267. The van der Waals surface area contributed by atoms with Gasteiger partial charge in [-0.2, -0.15) is 0 Å². The number of piperidine rings is 1. The lowest BCUT2D eigenvalue weighted by Crippen LogP contribution is -2.45. The van der Waals surface area contributed by atoms with Crippen molar-refractivity contribution in [2.24, 2.45) is 11.7 Å². The minimum Gasteiger partial charge on any atom is -0.369 e. The van der Waals surface area contributed by atoms with Crippen molar-refractivity contribution < 1.29 is 9.59 Å². The maximum Gasteiger partial charge on any atom is 0.234 e. The molecule has 1 fully saturated rings. The van der Waals surface area contributed by atoms with Crippen LogP contribution in [0.15, 0.2) is 12.7 Å². The van der Waals surface area contributed by atoms with Gasteiger partial charge < -0.3 is 11.1 Å². The molecular formula is C11H19N3O2. The number of likely N-dealkylation sites (tertiary alicyclic amines) is 1. The van der Waals surface area contributed by atoms with Gasteiger partial charge in [-0.05, 0) is 19.4 Å². The molecule has 1 aliphatic rings. The van der Waals surface area contributed by atoms with Crippen LogP contribution in [0, 0.1) is 5.92 Å². The zero-order valence-electron chi connectivity index (χ0n) is 9.45. The molecule has 5 heteroatoms. The molecule has 0 aromatic heterocycles. The Morgan fingerprint density at radius 3 is 2.94 bits per heavy atom. The van der Waals surface area contributed by atoms with E-state index in [1.807, 2.05) is 4.90 Å². The fraction of sp³-hybridized carbons (Fsp3) is 0.636. The van der Waals surface area contributed by atoms with Gasteiger partial charge in [0.1, 0.15) is 0 Å². The highest BCUT2D eigenvalue weighted by molar-refractivity contribution is 5.79. The predicted molar refractivity (Wildman–Crippen MR) is 61.6 cm³/mol. The molecule has 0 aliphatic carbocycles. The monoisotopic (exact) mass is 225 g/mol. The van der Waals surface area contributed by atoms with E-state index < -0.39 is 0 Å². The molecule has 0 aromatic carbocycles. The third-order valence-corrected chi connectivity index (χ3v) is 2.72. The van der Waals surface area contributed by atoms with Crippen molar-refractivity contribution in [1.82, 2.24) is 10.2 Å². The van der Waals surface area contributed by atoms with Crippen molar-refractivity contribution in [3.05, 3.63) is 12.7 Å². The molecule has 0 radical (unpaired) electrons. The lowest BCUT2D eigenvalue weighted by Gasteiger charge is -2.30. The number of primary amides is 1. The molecule has 1 rings (SSSR count). The van der Waals surface area contributed by atoms with Crippen LogP contribution in [0.2, 0.25) is 0 Å². The zero-order valence-corrected chi connectivity index (χ0v) is 9.45. The molecule has 0 bridgehead atoms. The maximum atomic E-state index is 11.4. The van der Waals surface area contributed by atoms with Crippen molar-refractivity contribution >= 4 is 11.8 Å². The summed E-state index contributed by atoms with van der Waals surface area (Å²) in [4.78, 5) is 24.4. The summed E-state index contributed by atoms with van der Waals surface area (Å²) < 4.78 is 0. The second-order valence-corrected chi connectivity index (χ2v) is 4.07. The average molecular weight is 225 g/mol. The van der Waals surface area contributed by atoms with Crippen molar-refractivity contribution in [1.29, 1.82) is 0 Å². The first kappa shape index (κ1) is 12.7. The Bertz CT molecular complexity index is 278. The Hall–Kier alpha value is -1.36. The fourth-order valence-electron chi connectivity index (χ4n) is 1.88. The summed E-state index contributed by atoms with van der Waals surface area (Å²) in [5.74, 6) is -0.415. The van der Waals surface area contributed by atoms with E-state index in [1.54, 1.807) is 6.08 Å². The van der Waals surface area contributed by atoms with Gasteiger partial charge >= 0.3 is 0 Å². The molecule has 1 atom stereocenters. The largest absolute Gasteiger partial charge is 0.369 e. The Kier molecular flexibility index (Phi) is 4.98. The van der Waals surface area contributed by atoms with E-state index in [2.05, 4.69) is 11.9 Å². The zero-order chi connectivity index (χ0) is 12.0. The number of hydrogen-bond donors (Lipinski definition) is 2. The standard InChI is InChI=1S/C11H19N3O2/c1-2-5-13-10(15)8-14-6-3-4-9(7-14)11(12)16/h2,9H,1,3-8H2,(H2,12,16)(H,13,15)/t9-/m0/s1. The first-order chi connectivity index (χ1) is 7.63. The summed E-state index contributed by atoms with van der Waals surface area (Å²) in [5.41, 5.74) is 5.26. The molecule has 5 nitrogen and oxygen atoms in total. The Morgan fingerprint density at radius 2 is 2.31 bits per heavy atom. The van der Waals surface area contributed by atoms with Crippen LogP contribution in [0.25, 0.3) is 0 Å². The van der Waals surface area contributed by atoms with Crippen LogP contribution in [-0.4, -0.2) is 42.9 Å². The second-order valence-electron chi connectivity index (χ2n) is 4.07. The Labute approximate surface area is 95.7 Å². The highest BCUT2D eigenvalue weighted by Crippen LogP contribution is 2.15. The number of nitrogens with one attached hydrogen (secondary N) is 1. The molecule has 3 N–H and O–H groups in total. The van der Waals surface area contributed by atoms with Crippen LogP contribution >= 0.6 is 0 Å². The van der Waals surface area contributed by atoms with Gasteiger partial charge in [0, 0.05) is 13.1 Å². The van der Waals surface area contributed by atoms with Crippen molar-refractivity contribution in [2.75, 3.05) is 26.2 Å². The van der Waals surface area contributed by atoms with Gasteiger partial charge in [-0.15, -0.1) is 6.58 Å². The van der Waals surface area contributed by atoms with Crippen LogP contribution in [0.4, 0.5) is 0 Å². The lowest BCUT2D eigenvalue weighted by molar-refractivity contribution is -0.126. The Morgan fingerprint density at radius 1 is 1.56 bits per heavy atom. The minimum absolute atomic E-state index is 0.0370. The van der Waals surface area contributed by atoms with E-state index in [0.717, 1.165) is 19.4 Å². The number of carbonyl (C=O) groups is 2. The smallest absolute Gasteiger partial charge is 0.234 e. The number of rotatable bonds is 5. The van der Waals surface area contributed by atoms with Gasteiger partial charge in [0.25, 0.3) is 0 Å². The highest BCUT2D eigenvalue weighted by Gasteiger charge is 2.24. The Balaban J connectivity index is 2.33. The number of amides is 2. The molecule has 0 unspecified atom stereocenters. The highest BCUT2D eigenvalue weighted by atomic mass is 16.2. The van der Waals surface area contributed by atoms with Crippen molar-refractivity contribution in [3.63, 3.8) is 0 Å². The average Bonchev–Trinajstić information content (AvgIpc) is 2.26. The molecule has 90 valence electrons. The van der Waals surface area contributed by atoms with Gasteiger partial charge in [-0.3, -0.25) is 14.5 Å². The van der Waals surface area contributed by atoms with Crippen LogP contribution < -0.4 is 11.1 Å². The third kappa shape index (κ3) is 4.02. The number of hydrogen-bond acceptors (Lipinski definition) is 3. The molecule has 1 heterocycles. The van der Waals surface area contributed by atoms with E-state index in [9.17, 15) is 9.59 Å². The van der Waals surface area contributed by atoms with E-state index in [0.29, 0.717) is 19.6 Å². The molecule has 0 spiro atoms. The van der Waals surface area contributed by atoms with Crippen molar-refractivity contribution in [3.8, 4) is 0 Å². The summed E-state index contributed by atoms with van der Waals surface area (Å²) >= 11 is 0. The van der Waals surface area contributed by atoms with Gasteiger partial charge in [0.05, 0.1) is 12.5 Å². The SMILES string of the molecule is C=CCNC(=O)CN1CCC[C@H](C(N)=O)C1. The summed E-state index contributed by atoms with van der Waals surface area (Å²) in [5, 5.41) is 2.71. The van der Waals surface area contributed by atoms with Gasteiger partial charge in [0.2, 0.25) is 11.8 Å². The van der Waals surface area contributed by atoms with E-state index in [4.69, 9.17) is 5.73 Å². The van der Waals surface area contributed by atoms with Crippen LogP contribution in [0.5, 0.6) is 0 Å². The van der Waals surface area contributed by atoms with Gasteiger partial charge in [0.15, 0.2) is 0 Å². The second kappa shape index (κ2) is 6.27. The molecule has 0 aromatic rings. The number of nitrogens with two attached hydrogens (primary N) is 1. The molecule has 16 heavy (non-hydrogen) atoms. The van der Waals surface area contributed by atoms with Gasteiger partial charge in [-0.1, -0.05) is 6.08 Å². The molecule has 1 saturated heterocycles. The van der Waals surface area contributed by atoms with Crippen LogP contribution in [-0.2, 0) is 9.59 Å². The number of nitrogens with zero attached hydrogens (tertiary/aromatic N) is 1. The van der Waals surface area contributed by atoms with E-state index in [1.165, 1.54) is 0 Å². The van der Waals surface area contributed by atoms with E-state index in [-0.39, 0.29) is 17.7 Å². The summed E-state index contributed by atoms with van der Waals surface area (Å²) in [6.45, 7) is 5.78. The van der Waals surface area contributed by atoms with E-state index >= 15 is 0 Å². The molecular weight excluding hydrogens is 206 g/mol. The number of carbonyl (C=O) groups excluding carboxylic acids is 2. The first-order valence-corrected chi connectivity index (χ1v) is 5.52. The quantitative estimate of drug-likeness (QED) is 0.619. The third-order valence-electron chi connectivity index (χ3n) is 2.72. The molecule has 0 saturated carbocycles. The van der Waals surface area contributed by atoms with Crippen molar-refractivity contribution in [2.45, 2.75) is 12.8 Å². The predicted octanol–water partition coefficient (Wildman–Crippen LogP) is -0.514. The normalized spacial score (nSPS) is 21.4. The molecule has 2 amide bonds. The maximum absolute atomic E-state index is 11.4. The summed E-state index contributed by atoms with van der Waals surface area (Å²) in [6, 6.07) is 0. The summed E-state index contributed by atoms with van der Waals surface area (Å²) in [6.07, 6.45) is 3.39. The topological polar surface area (TPSA) is 75.4 Å². The van der Waals surface area contributed by atoms with Crippen LogP contribution in [0.3, 0.4) is 0 Å².